The molecule has 4 amide bonds. The molecule has 3 aromatic rings. The normalized spacial score (nSPS) is 18.7. The van der Waals surface area contributed by atoms with Gasteiger partial charge >= 0.3 is 12.1 Å². The molecule has 1 aliphatic carbocycles. The van der Waals surface area contributed by atoms with Gasteiger partial charge in [0.05, 0.1) is 37.2 Å². The minimum absolute atomic E-state index is 0.000136. The summed E-state index contributed by atoms with van der Waals surface area (Å²) in [6.07, 6.45) is 2.94. The highest BCUT2D eigenvalue weighted by Crippen LogP contribution is 2.48. The van der Waals surface area contributed by atoms with E-state index in [0.29, 0.717) is 75.9 Å². The van der Waals surface area contributed by atoms with Crippen LogP contribution in [-0.2, 0) is 29.3 Å². The molecule has 0 unspecified atom stereocenters. The molecule has 3 N–H and O–H groups in total. The van der Waals surface area contributed by atoms with Crippen molar-refractivity contribution in [3.63, 3.8) is 0 Å². The number of nitrogens with one attached hydrogen (secondary N) is 3. The molecule has 3 atom stereocenters. The van der Waals surface area contributed by atoms with Gasteiger partial charge in [0.2, 0.25) is 11.8 Å². The lowest BCUT2D eigenvalue weighted by Gasteiger charge is -2.43. The number of benzene rings is 3. The summed E-state index contributed by atoms with van der Waals surface area (Å²) in [5.74, 6) is -1.01. The Bertz CT molecular complexity index is 1760. The fraction of sp³-hybridized carbons (Fsp3) is 0.452. The molecular weight excluding hydrogens is 688 g/mol. The van der Waals surface area contributed by atoms with Crippen molar-refractivity contribution in [3.8, 4) is 5.75 Å². The Labute approximate surface area is 317 Å². The number of unbranched alkanes of at least 4 members (excludes halogenated alkanes) is 1. The van der Waals surface area contributed by atoms with Crippen molar-refractivity contribution in [1.82, 2.24) is 20.9 Å². The molecule has 288 valence electrons. The second kappa shape index (κ2) is 19.1. The zero-order valence-electron chi connectivity index (χ0n) is 31.4. The van der Waals surface area contributed by atoms with Crippen LogP contribution >= 0.6 is 0 Å². The van der Waals surface area contributed by atoms with Crippen LogP contribution in [-0.4, -0.2) is 86.7 Å². The van der Waals surface area contributed by atoms with E-state index in [1.165, 1.54) is 7.11 Å². The third kappa shape index (κ3) is 9.21. The van der Waals surface area contributed by atoms with Crippen molar-refractivity contribution < 1.29 is 38.2 Å². The largest absolute Gasteiger partial charge is 0.496 e. The van der Waals surface area contributed by atoms with Gasteiger partial charge in [-0.1, -0.05) is 66.7 Å². The molecule has 0 saturated carbocycles. The van der Waals surface area contributed by atoms with Gasteiger partial charge in [-0.05, 0) is 87.6 Å². The lowest BCUT2D eigenvalue weighted by Crippen LogP contribution is -2.54. The van der Waals surface area contributed by atoms with Crippen LogP contribution in [0.4, 0.5) is 4.79 Å². The quantitative estimate of drug-likeness (QED) is 0.141. The van der Waals surface area contributed by atoms with Gasteiger partial charge < -0.3 is 35.1 Å². The molecule has 54 heavy (non-hydrogen) atoms. The fourth-order valence-electron chi connectivity index (χ4n) is 7.67. The van der Waals surface area contributed by atoms with Crippen LogP contribution in [0.5, 0.6) is 5.75 Å². The van der Waals surface area contributed by atoms with E-state index in [4.69, 9.17) is 14.2 Å². The molecule has 0 aromatic heterocycles. The lowest BCUT2D eigenvalue weighted by molar-refractivity contribution is -0.148. The summed E-state index contributed by atoms with van der Waals surface area (Å²) in [5.41, 5.74) is 1.60. The maximum atomic E-state index is 14.8. The number of hydrogen-bond acceptors (Lipinski definition) is 8. The highest BCUT2D eigenvalue weighted by molar-refractivity contribution is 5.98. The molecule has 0 bridgehead atoms. The number of fused-ring (bicyclic) bond motifs is 1. The second-order valence-electron chi connectivity index (χ2n) is 13.6. The van der Waals surface area contributed by atoms with E-state index in [9.17, 15) is 24.0 Å². The first-order valence-corrected chi connectivity index (χ1v) is 19.0. The molecule has 0 spiro atoms. The van der Waals surface area contributed by atoms with E-state index in [-0.39, 0.29) is 37.0 Å². The number of nitrogens with zero attached hydrogens (tertiary/aromatic N) is 1. The highest BCUT2D eigenvalue weighted by Gasteiger charge is 2.49. The number of hydrogen-bond donors (Lipinski definition) is 3. The molecule has 12 heteroatoms. The number of methoxy groups -OCH3 is 1. The summed E-state index contributed by atoms with van der Waals surface area (Å²) < 4.78 is 15.7. The summed E-state index contributed by atoms with van der Waals surface area (Å²) >= 11 is 0. The van der Waals surface area contributed by atoms with E-state index in [1.807, 2.05) is 65.6 Å². The van der Waals surface area contributed by atoms with Gasteiger partial charge in [0, 0.05) is 25.7 Å². The van der Waals surface area contributed by atoms with Crippen molar-refractivity contribution in [3.05, 3.63) is 101 Å². The third-order valence-electron chi connectivity index (χ3n) is 10.4. The Kier molecular flexibility index (Phi) is 14.1. The van der Waals surface area contributed by atoms with Crippen molar-refractivity contribution in [2.24, 2.45) is 0 Å². The predicted molar refractivity (Wildman–Crippen MR) is 203 cm³/mol. The number of carbonyl (C=O) groups is 5. The second-order valence-corrected chi connectivity index (χ2v) is 13.6. The Morgan fingerprint density at radius 1 is 0.833 bits per heavy atom. The molecular formula is C42H52N4O8. The molecule has 0 radical (unpaired) electrons. The first-order chi connectivity index (χ1) is 26.2. The Morgan fingerprint density at radius 3 is 2.24 bits per heavy atom. The van der Waals surface area contributed by atoms with Crippen LogP contribution < -0.4 is 20.7 Å². The number of rotatable bonds is 15. The van der Waals surface area contributed by atoms with Crippen LogP contribution in [0.3, 0.4) is 0 Å². The fourth-order valence-corrected chi connectivity index (χ4v) is 7.67. The Hall–Kier alpha value is -5.39. The van der Waals surface area contributed by atoms with Crippen molar-refractivity contribution in [2.75, 3.05) is 40.0 Å². The number of piperidine rings is 1. The van der Waals surface area contributed by atoms with Crippen molar-refractivity contribution >= 4 is 29.8 Å². The smallest absolute Gasteiger partial charge is 0.407 e. The predicted octanol–water partition coefficient (Wildman–Crippen LogP) is 5.24. The molecule has 5 rings (SSSR count). The van der Waals surface area contributed by atoms with Gasteiger partial charge in [-0.25, -0.2) is 9.59 Å². The molecule has 2 aliphatic rings. The lowest BCUT2D eigenvalue weighted by atomic mass is 9.62. The minimum Gasteiger partial charge on any atom is -0.496 e. The van der Waals surface area contributed by atoms with E-state index >= 15 is 0 Å². The summed E-state index contributed by atoms with van der Waals surface area (Å²) in [6, 6.07) is 23.2. The number of likely N-dealkylation sites (tertiary alicyclic amines) is 1. The maximum Gasteiger partial charge on any atom is 0.407 e. The van der Waals surface area contributed by atoms with Gasteiger partial charge in [-0.15, -0.1) is 0 Å². The van der Waals surface area contributed by atoms with E-state index < -0.39 is 29.4 Å². The minimum atomic E-state index is -1.17. The van der Waals surface area contributed by atoms with Gasteiger partial charge in [0.1, 0.15) is 11.8 Å². The first kappa shape index (κ1) is 39.8. The molecule has 1 aliphatic heterocycles. The van der Waals surface area contributed by atoms with Crippen molar-refractivity contribution in [1.29, 1.82) is 0 Å². The average molecular weight is 741 g/mol. The Morgan fingerprint density at radius 2 is 1.52 bits per heavy atom. The number of amides is 4. The monoisotopic (exact) mass is 740 g/mol. The SMILES string of the molecule is CCOC(=O)NCCCC[C@H](NC(=O)[C@@]1(c2ccccc2)CC[C@H](C(=O)N2CCC(NC(=O)c3ccccc3OC)CC2)c2ccccc21)C(=O)OCC. The number of carbonyl (C=O) groups excluding carboxylic acids is 5. The molecule has 1 saturated heterocycles. The zero-order chi connectivity index (χ0) is 38.5. The standard InChI is InChI=1S/C42H52N4O8/c1-4-53-39(49)35(20-13-14-26-43-41(51)54-5-2)45-40(50)42(29-15-7-6-8-16-29)25-22-32(31-17-9-11-19-34(31)42)38(48)46-27-23-30(24-28-46)44-37(47)33-18-10-12-21-36(33)52-3/h6-12,15-19,21,30,32,35H,4-5,13-14,20,22-28H2,1-3H3,(H,43,51)(H,44,47)(H,45,50)/t32-,35-,42+/m0/s1. The third-order valence-corrected chi connectivity index (χ3v) is 10.4. The average Bonchev–Trinajstić information content (AvgIpc) is 3.20. The van der Waals surface area contributed by atoms with E-state index in [1.54, 1.807) is 32.0 Å². The summed E-state index contributed by atoms with van der Waals surface area (Å²) in [6.45, 7) is 5.25. The van der Waals surface area contributed by atoms with Crippen LogP contribution in [0, 0.1) is 0 Å². The van der Waals surface area contributed by atoms with Gasteiger partial charge in [0.15, 0.2) is 0 Å². The van der Waals surface area contributed by atoms with E-state index in [2.05, 4.69) is 16.0 Å². The maximum absolute atomic E-state index is 14.8. The molecule has 12 nitrogen and oxygen atoms in total. The Balaban J connectivity index is 1.32. The van der Waals surface area contributed by atoms with Crippen LogP contribution in [0.15, 0.2) is 78.9 Å². The van der Waals surface area contributed by atoms with Gasteiger partial charge in [-0.3, -0.25) is 14.4 Å². The van der Waals surface area contributed by atoms with Crippen LogP contribution in [0.2, 0.25) is 0 Å². The molecule has 1 fully saturated rings. The van der Waals surface area contributed by atoms with E-state index in [0.717, 1.165) is 16.7 Å². The zero-order valence-corrected chi connectivity index (χ0v) is 31.4. The number of ether oxygens (including phenoxy) is 3. The highest BCUT2D eigenvalue weighted by atomic mass is 16.5. The first-order valence-electron chi connectivity index (χ1n) is 19.0. The summed E-state index contributed by atoms with van der Waals surface area (Å²) in [5, 5.41) is 8.85. The topological polar surface area (TPSA) is 152 Å². The summed E-state index contributed by atoms with van der Waals surface area (Å²) in [7, 11) is 1.54. The number of alkyl carbamates (subject to hydrolysis) is 1. The van der Waals surface area contributed by atoms with Crippen LogP contribution in [0.1, 0.15) is 91.8 Å². The van der Waals surface area contributed by atoms with Crippen molar-refractivity contribution in [2.45, 2.75) is 82.2 Å². The van der Waals surface area contributed by atoms with Gasteiger partial charge in [-0.2, -0.15) is 0 Å². The van der Waals surface area contributed by atoms with Crippen LogP contribution in [0.25, 0.3) is 0 Å². The molecule has 3 aromatic carbocycles. The number of esters is 1. The number of para-hydroxylation sites is 1. The molecule has 1 heterocycles. The summed E-state index contributed by atoms with van der Waals surface area (Å²) in [4.78, 5) is 68.8. The van der Waals surface area contributed by atoms with Gasteiger partial charge in [0.25, 0.3) is 5.91 Å².